The van der Waals surface area contributed by atoms with Gasteiger partial charge in [0.15, 0.2) is 0 Å². The summed E-state index contributed by atoms with van der Waals surface area (Å²) in [6.45, 7) is 1.43. The second-order valence-corrected chi connectivity index (χ2v) is 9.38. The summed E-state index contributed by atoms with van der Waals surface area (Å²) in [4.78, 5) is 14.4. The first kappa shape index (κ1) is 16.6. The van der Waals surface area contributed by atoms with E-state index in [1.165, 1.54) is 15.6 Å². The van der Waals surface area contributed by atoms with Gasteiger partial charge in [0.2, 0.25) is 10.0 Å². The zero-order chi connectivity index (χ0) is 16.4. The van der Waals surface area contributed by atoms with Gasteiger partial charge in [-0.15, -0.1) is 11.3 Å². The summed E-state index contributed by atoms with van der Waals surface area (Å²) < 4.78 is 27.5. The molecule has 1 amide bonds. The molecule has 122 valence electrons. The van der Waals surface area contributed by atoms with Crippen LogP contribution in [0.5, 0.6) is 0 Å². The predicted octanol–water partition coefficient (Wildman–Crippen LogP) is 2.66. The minimum atomic E-state index is -3.48. The summed E-state index contributed by atoms with van der Waals surface area (Å²) in [5, 5.41) is 1.81. The van der Waals surface area contributed by atoms with Gasteiger partial charge in [-0.1, -0.05) is 18.2 Å². The molecule has 0 radical (unpaired) electrons. The topological polar surface area (TPSA) is 57.7 Å². The minimum absolute atomic E-state index is 0.0521. The fraction of sp³-hybridized carbons (Fsp3) is 0.267. The van der Waals surface area contributed by atoms with Gasteiger partial charge in [0, 0.05) is 31.6 Å². The average Bonchev–Trinajstić information content (AvgIpc) is 3.01. The predicted molar refractivity (Wildman–Crippen MR) is 93.1 cm³/mol. The first-order valence-corrected chi connectivity index (χ1v) is 10.2. The van der Waals surface area contributed by atoms with E-state index in [4.69, 9.17) is 0 Å². The molecule has 1 saturated heterocycles. The Bertz CT molecular complexity index is 797. The lowest BCUT2D eigenvalue weighted by Gasteiger charge is -2.33. The summed E-state index contributed by atoms with van der Waals surface area (Å²) in [5.41, 5.74) is 0.640. The van der Waals surface area contributed by atoms with Gasteiger partial charge >= 0.3 is 0 Å². The highest BCUT2D eigenvalue weighted by Crippen LogP contribution is 2.23. The van der Waals surface area contributed by atoms with Crippen molar-refractivity contribution in [2.24, 2.45) is 0 Å². The molecule has 3 rings (SSSR count). The van der Waals surface area contributed by atoms with Gasteiger partial charge in [0.25, 0.3) is 5.91 Å². The lowest BCUT2D eigenvalue weighted by molar-refractivity contribution is 0.0698. The Kier molecular flexibility index (Phi) is 4.86. The van der Waals surface area contributed by atoms with Crippen molar-refractivity contribution in [1.82, 2.24) is 9.21 Å². The quantitative estimate of drug-likeness (QED) is 0.775. The number of carbonyl (C=O) groups excluding carboxylic acids is 1. The van der Waals surface area contributed by atoms with E-state index >= 15 is 0 Å². The lowest BCUT2D eigenvalue weighted by atomic mass is 10.2. The van der Waals surface area contributed by atoms with Crippen LogP contribution in [-0.4, -0.2) is 49.7 Å². The summed E-state index contributed by atoms with van der Waals surface area (Å²) in [6.07, 6.45) is 0. The van der Waals surface area contributed by atoms with Crippen LogP contribution in [0.1, 0.15) is 10.4 Å². The molecule has 1 aromatic heterocycles. The van der Waals surface area contributed by atoms with E-state index < -0.39 is 10.0 Å². The molecule has 0 N–H and O–H groups in total. The highest BCUT2D eigenvalue weighted by molar-refractivity contribution is 9.11. The molecule has 0 bridgehead atoms. The van der Waals surface area contributed by atoms with Gasteiger partial charge in [0.05, 0.1) is 14.2 Å². The van der Waals surface area contributed by atoms with Gasteiger partial charge in [-0.2, -0.15) is 4.31 Å². The smallest absolute Gasteiger partial charge is 0.254 e. The Morgan fingerprint density at radius 1 is 1.09 bits per heavy atom. The van der Waals surface area contributed by atoms with E-state index in [1.54, 1.807) is 46.7 Å². The zero-order valence-corrected chi connectivity index (χ0v) is 15.4. The maximum atomic E-state index is 12.6. The largest absolute Gasteiger partial charge is 0.336 e. The average molecular weight is 415 g/mol. The lowest BCUT2D eigenvalue weighted by Crippen LogP contribution is -2.50. The molecule has 0 unspecified atom stereocenters. The number of carbonyl (C=O) groups is 1. The normalized spacial score (nSPS) is 16.5. The van der Waals surface area contributed by atoms with Crippen LogP contribution in [0.4, 0.5) is 0 Å². The second kappa shape index (κ2) is 6.72. The maximum Gasteiger partial charge on any atom is 0.254 e. The first-order chi connectivity index (χ1) is 11.0. The molecular formula is C15H15BrN2O3S2. The van der Waals surface area contributed by atoms with E-state index in [2.05, 4.69) is 15.9 Å². The molecule has 23 heavy (non-hydrogen) atoms. The number of sulfonamides is 1. The van der Waals surface area contributed by atoms with Crippen LogP contribution in [0.3, 0.4) is 0 Å². The Morgan fingerprint density at radius 2 is 1.74 bits per heavy atom. The molecule has 0 aliphatic carbocycles. The maximum absolute atomic E-state index is 12.6. The number of benzene rings is 1. The summed E-state index contributed by atoms with van der Waals surface area (Å²) in [6, 6.07) is 10.2. The third-order valence-corrected chi connectivity index (χ3v) is 7.14. The van der Waals surface area contributed by atoms with Gasteiger partial charge in [-0.05, 0) is 34.1 Å². The number of amides is 1. The van der Waals surface area contributed by atoms with Gasteiger partial charge < -0.3 is 4.90 Å². The Balaban J connectivity index is 1.68. The van der Waals surface area contributed by atoms with Crippen molar-refractivity contribution in [2.75, 3.05) is 26.2 Å². The van der Waals surface area contributed by atoms with Crippen LogP contribution in [0.15, 0.2) is 50.5 Å². The van der Waals surface area contributed by atoms with Gasteiger partial charge in [-0.3, -0.25) is 4.79 Å². The second-order valence-electron chi connectivity index (χ2n) is 5.15. The molecule has 1 fully saturated rings. The number of piperazine rings is 1. The van der Waals surface area contributed by atoms with E-state index in [0.717, 1.165) is 3.79 Å². The number of halogens is 1. The van der Waals surface area contributed by atoms with Gasteiger partial charge in [-0.25, -0.2) is 8.42 Å². The number of hydrogen-bond donors (Lipinski definition) is 0. The van der Waals surface area contributed by atoms with Gasteiger partial charge in [0.1, 0.15) is 0 Å². The molecule has 1 aromatic carbocycles. The summed E-state index contributed by atoms with van der Waals surface area (Å²) >= 11 is 4.81. The van der Waals surface area contributed by atoms with Crippen LogP contribution >= 0.6 is 27.3 Å². The summed E-state index contributed by atoms with van der Waals surface area (Å²) in [7, 11) is -3.48. The van der Waals surface area contributed by atoms with Crippen molar-refractivity contribution in [1.29, 1.82) is 0 Å². The molecule has 1 aliphatic heterocycles. The van der Waals surface area contributed by atoms with Crippen molar-refractivity contribution in [3.63, 3.8) is 0 Å². The number of nitrogens with zero attached hydrogens (tertiary/aromatic N) is 2. The van der Waals surface area contributed by atoms with E-state index in [9.17, 15) is 13.2 Å². The molecular weight excluding hydrogens is 400 g/mol. The van der Waals surface area contributed by atoms with Crippen molar-refractivity contribution in [3.8, 4) is 0 Å². The highest BCUT2D eigenvalue weighted by atomic mass is 79.9. The first-order valence-electron chi connectivity index (χ1n) is 7.07. The van der Waals surface area contributed by atoms with Crippen molar-refractivity contribution in [2.45, 2.75) is 4.90 Å². The van der Waals surface area contributed by atoms with Crippen LogP contribution in [0.25, 0.3) is 0 Å². The molecule has 2 heterocycles. The van der Waals surface area contributed by atoms with Crippen molar-refractivity contribution >= 4 is 43.2 Å². The minimum Gasteiger partial charge on any atom is -0.336 e. The van der Waals surface area contributed by atoms with Crippen molar-refractivity contribution < 1.29 is 13.2 Å². The zero-order valence-electron chi connectivity index (χ0n) is 12.2. The molecule has 5 nitrogen and oxygen atoms in total. The Hall–Kier alpha value is -1.22. The third kappa shape index (κ3) is 3.50. The number of rotatable bonds is 3. The Morgan fingerprint density at radius 3 is 2.30 bits per heavy atom. The van der Waals surface area contributed by atoms with E-state index in [0.29, 0.717) is 36.6 Å². The van der Waals surface area contributed by atoms with Crippen LogP contribution in [0.2, 0.25) is 0 Å². The van der Waals surface area contributed by atoms with E-state index in [1.807, 2.05) is 0 Å². The highest BCUT2D eigenvalue weighted by Gasteiger charge is 2.30. The molecule has 2 aromatic rings. The summed E-state index contributed by atoms with van der Waals surface area (Å²) in [5.74, 6) is -0.0521. The SMILES string of the molecule is O=C(c1csc(Br)c1)N1CCN(S(=O)(=O)c2ccccc2)CC1. The standard InChI is InChI=1S/C15H15BrN2O3S2/c16-14-10-12(11-22-14)15(19)17-6-8-18(9-7-17)23(20,21)13-4-2-1-3-5-13/h1-5,10-11H,6-9H2. The fourth-order valence-corrected chi connectivity index (χ4v) is 5.05. The van der Waals surface area contributed by atoms with Crippen LogP contribution in [-0.2, 0) is 10.0 Å². The molecule has 0 saturated carbocycles. The van der Waals surface area contributed by atoms with Crippen LogP contribution < -0.4 is 0 Å². The monoisotopic (exact) mass is 414 g/mol. The molecule has 0 atom stereocenters. The number of hydrogen-bond acceptors (Lipinski definition) is 4. The molecule has 0 spiro atoms. The van der Waals surface area contributed by atoms with Crippen molar-refractivity contribution in [3.05, 3.63) is 51.1 Å². The third-order valence-electron chi connectivity index (χ3n) is 3.72. The van der Waals surface area contributed by atoms with Crippen LogP contribution in [0, 0.1) is 0 Å². The van der Waals surface area contributed by atoms with E-state index in [-0.39, 0.29) is 5.91 Å². The molecule has 8 heteroatoms. The number of thiophene rings is 1. The molecule has 1 aliphatic rings. The fourth-order valence-electron chi connectivity index (χ4n) is 2.48. The Labute approximate surface area is 147 Å².